The van der Waals surface area contributed by atoms with Crippen molar-refractivity contribution in [2.45, 2.75) is 6.92 Å². The lowest BCUT2D eigenvalue weighted by Gasteiger charge is -2.01. The first-order valence-corrected chi connectivity index (χ1v) is 8.11. The maximum Gasteiger partial charge on any atom is 0.291 e. The predicted octanol–water partition coefficient (Wildman–Crippen LogP) is 3.20. The van der Waals surface area contributed by atoms with Gasteiger partial charge >= 0.3 is 0 Å². The summed E-state index contributed by atoms with van der Waals surface area (Å²) in [6.45, 7) is 1.70. The largest absolute Gasteiger partial charge is 0.291 e. The van der Waals surface area contributed by atoms with E-state index in [2.05, 4.69) is 20.7 Å². The van der Waals surface area contributed by atoms with E-state index in [-0.39, 0.29) is 11.4 Å². The van der Waals surface area contributed by atoms with Crippen molar-refractivity contribution >= 4 is 28.6 Å². The van der Waals surface area contributed by atoms with E-state index in [1.807, 2.05) is 17.5 Å². The van der Waals surface area contributed by atoms with Crippen LogP contribution in [0.15, 0.2) is 52.9 Å². The zero-order valence-electron chi connectivity index (χ0n) is 13.1. The van der Waals surface area contributed by atoms with Crippen LogP contribution in [-0.2, 0) is 0 Å². The number of nitro benzene ring substituents is 1. The second-order valence-electron chi connectivity index (χ2n) is 5.09. The van der Waals surface area contributed by atoms with E-state index in [9.17, 15) is 14.9 Å². The van der Waals surface area contributed by atoms with Crippen molar-refractivity contribution < 1.29 is 9.72 Å². The SMILES string of the molecule is C/C(=N/NC(=O)c1cc(-c2cccs2)[nH]n1)c1ccc([N+](=O)[O-])cc1. The van der Waals surface area contributed by atoms with Gasteiger partial charge in [-0.1, -0.05) is 6.07 Å². The van der Waals surface area contributed by atoms with Gasteiger partial charge in [-0.3, -0.25) is 20.0 Å². The summed E-state index contributed by atoms with van der Waals surface area (Å²) in [6, 6.07) is 11.4. The molecule has 0 aliphatic carbocycles. The molecule has 0 bridgehead atoms. The smallest absolute Gasteiger partial charge is 0.276 e. The third-order valence-electron chi connectivity index (χ3n) is 3.42. The Morgan fingerprint density at radius 2 is 2.08 bits per heavy atom. The number of aromatic nitrogens is 2. The number of amides is 1. The summed E-state index contributed by atoms with van der Waals surface area (Å²) in [5, 5.41) is 23.4. The number of H-pyrrole nitrogens is 1. The lowest BCUT2D eigenvalue weighted by atomic mass is 10.1. The molecule has 1 aromatic carbocycles. The molecule has 0 fully saturated rings. The van der Waals surface area contributed by atoms with Crippen LogP contribution in [0.4, 0.5) is 5.69 Å². The first-order chi connectivity index (χ1) is 12.0. The van der Waals surface area contributed by atoms with Crippen LogP contribution in [0.5, 0.6) is 0 Å². The number of aromatic amines is 1. The zero-order valence-corrected chi connectivity index (χ0v) is 13.9. The molecule has 3 aromatic rings. The van der Waals surface area contributed by atoms with Crippen LogP contribution in [-0.4, -0.2) is 26.7 Å². The van der Waals surface area contributed by atoms with Crippen LogP contribution in [0.25, 0.3) is 10.6 Å². The molecule has 9 heteroatoms. The summed E-state index contributed by atoms with van der Waals surface area (Å²) in [4.78, 5) is 23.3. The van der Waals surface area contributed by atoms with Crippen molar-refractivity contribution in [3.8, 4) is 10.6 Å². The molecule has 2 N–H and O–H groups in total. The van der Waals surface area contributed by atoms with Gasteiger partial charge in [-0.2, -0.15) is 10.2 Å². The van der Waals surface area contributed by atoms with Crippen molar-refractivity contribution in [2.24, 2.45) is 5.10 Å². The Balaban J connectivity index is 1.68. The molecule has 126 valence electrons. The van der Waals surface area contributed by atoms with Gasteiger partial charge in [-0.15, -0.1) is 11.3 Å². The zero-order chi connectivity index (χ0) is 17.8. The standard InChI is InChI=1S/C16H13N5O3S/c1-10(11-4-6-12(7-5-11)21(23)24)17-20-16(22)14-9-13(18-19-14)15-3-2-8-25-15/h2-9H,1H3,(H,18,19)(H,20,22)/b17-10-. The van der Waals surface area contributed by atoms with Crippen molar-refractivity contribution in [3.05, 3.63) is 69.2 Å². The van der Waals surface area contributed by atoms with E-state index in [4.69, 9.17) is 0 Å². The van der Waals surface area contributed by atoms with Gasteiger partial charge in [0.25, 0.3) is 11.6 Å². The highest BCUT2D eigenvalue weighted by Crippen LogP contribution is 2.22. The third kappa shape index (κ3) is 3.78. The molecule has 0 radical (unpaired) electrons. The van der Waals surface area contributed by atoms with Crippen LogP contribution in [0.2, 0.25) is 0 Å². The first kappa shape index (κ1) is 16.5. The molecule has 0 atom stereocenters. The van der Waals surface area contributed by atoms with Gasteiger partial charge in [0.15, 0.2) is 5.69 Å². The molecule has 0 saturated heterocycles. The Kier molecular flexibility index (Phi) is 4.66. The monoisotopic (exact) mass is 355 g/mol. The average Bonchev–Trinajstić information content (AvgIpc) is 3.30. The van der Waals surface area contributed by atoms with E-state index in [0.717, 1.165) is 10.6 Å². The topological polar surface area (TPSA) is 113 Å². The van der Waals surface area contributed by atoms with Crippen LogP contribution < -0.4 is 5.43 Å². The van der Waals surface area contributed by atoms with Crippen molar-refractivity contribution in [1.29, 1.82) is 0 Å². The van der Waals surface area contributed by atoms with E-state index >= 15 is 0 Å². The molecule has 3 rings (SSSR count). The molecule has 0 unspecified atom stereocenters. The number of rotatable bonds is 5. The minimum Gasteiger partial charge on any atom is -0.276 e. The fraction of sp³-hybridized carbons (Fsp3) is 0.0625. The van der Waals surface area contributed by atoms with Gasteiger partial charge in [0, 0.05) is 12.1 Å². The van der Waals surface area contributed by atoms with Gasteiger partial charge in [0.1, 0.15) is 0 Å². The number of nitrogens with zero attached hydrogens (tertiary/aromatic N) is 3. The fourth-order valence-electron chi connectivity index (χ4n) is 2.08. The molecule has 0 spiro atoms. The Hall–Kier alpha value is -3.33. The number of hydrogen-bond acceptors (Lipinski definition) is 6. The number of hydrazone groups is 1. The van der Waals surface area contributed by atoms with Crippen molar-refractivity contribution in [2.75, 3.05) is 0 Å². The summed E-state index contributed by atoms with van der Waals surface area (Å²) in [6.07, 6.45) is 0. The van der Waals surface area contributed by atoms with Gasteiger partial charge in [-0.05, 0) is 42.1 Å². The Bertz CT molecular complexity index is 929. The van der Waals surface area contributed by atoms with E-state index < -0.39 is 10.8 Å². The highest BCUT2D eigenvalue weighted by Gasteiger charge is 2.12. The third-order valence-corrected chi connectivity index (χ3v) is 4.32. The summed E-state index contributed by atoms with van der Waals surface area (Å²) >= 11 is 1.54. The highest BCUT2D eigenvalue weighted by atomic mass is 32.1. The van der Waals surface area contributed by atoms with Crippen LogP contribution >= 0.6 is 11.3 Å². The molecule has 0 aliphatic rings. The van der Waals surface area contributed by atoms with Crippen LogP contribution in [0.3, 0.4) is 0 Å². The number of benzene rings is 1. The fourth-order valence-corrected chi connectivity index (χ4v) is 2.77. The quantitative estimate of drug-likeness (QED) is 0.415. The molecule has 25 heavy (non-hydrogen) atoms. The number of carbonyl (C=O) groups is 1. The number of nitrogens with one attached hydrogen (secondary N) is 2. The minimum absolute atomic E-state index is 0.00165. The maximum absolute atomic E-state index is 12.1. The highest BCUT2D eigenvalue weighted by molar-refractivity contribution is 7.13. The molecule has 2 heterocycles. The number of nitro groups is 1. The number of hydrogen-bond donors (Lipinski definition) is 2. The first-order valence-electron chi connectivity index (χ1n) is 7.23. The van der Waals surface area contributed by atoms with Gasteiger partial charge < -0.3 is 0 Å². The average molecular weight is 355 g/mol. The summed E-state index contributed by atoms with van der Waals surface area (Å²) < 4.78 is 0. The van der Waals surface area contributed by atoms with Crippen LogP contribution in [0.1, 0.15) is 23.0 Å². The number of non-ortho nitro benzene ring substituents is 1. The molecular weight excluding hydrogens is 342 g/mol. The molecule has 2 aromatic heterocycles. The molecule has 8 nitrogen and oxygen atoms in total. The lowest BCUT2D eigenvalue weighted by molar-refractivity contribution is -0.384. The minimum atomic E-state index is -0.471. The van der Waals surface area contributed by atoms with E-state index in [1.54, 1.807) is 36.5 Å². The molecule has 1 amide bonds. The molecule has 0 saturated carbocycles. The van der Waals surface area contributed by atoms with Gasteiger partial charge in [0.05, 0.1) is 21.2 Å². The second kappa shape index (κ2) is 7.05. The van der Waals surface area contributed by atoms with Crippen molar-refractivity contribution in [1.82, 2.24) is 15.6 Å². The van der Waals surface area contributed by atoms with Gasteiger partial charge in [0.2, 0.25) is 0 Å². The van der Waals surface area contributed by atoms with Crippen LogP contribution in [0, 0.1) is 10.1 Å². The lowest BCUT2D eigenvalue weighted by Crippen LogP contribution is -2.19. The summed E-state index contributed by atoms with van der Waals surface area (Å²) in [5.74, 6) is -0.444. The normalized spacial score (nSPS) is 11.3. The van der Waals surface area contributed by atoms with Crippen molar-refractivity contribution in [3.63, 3.8) is 0 Å². The summed E-state index contributed by atoms with van der Waals surface area (Å²) in [7, 11) is 0. The van der Waals surface area contributed by atoms with E-state index in [0.29, 0.717) is 11.3 Å². The number of thiophene rings is 1. The predicted molar refractivity (Wildman–Crippen MR) is 94.7 cm³/mol. The molecular formula is C16H13N5O3S. The van der Waals surface area contributed by atoms with E-state index in [1.165, 1.54) is 12.1 Å². The molecule has 0 aliphatic heterocycles. The Labute approximate surface area is 146 Å². The summed E-state index contributed by atoms with van der Waals surface area (Å²) in [5.41, 5.74) is 4.61. The number of carbonyl (C=O) groups excluding carboxylic acids is 1. The Morgan fingerprint density at radius 3 is 2.72 bits per heavy atom. The second-order valence-corrected chi connectivity index (χ2v) is 6.03. The Morgan fingerprint density at radius 1 is 1.32 bits per heavy atom. The maximum atomic E-state index is 12.1. The van der Waals surface area contributed by atoms with Gasteiger partial charge in [-0.25, -0.2) is 5.43 Å².